The number of pyridine rings is 2. The van der Waals surface area contributed by atoms with Crippen LogP contribution < -0.4 is 10.1 Å². The van der Waals surface area contributed by atoms with Gasteiger partial charge in [0.25, 0.3) is 5.91 Å². The van der Waals surface area contributed by atoms with Gasteiger partial charge in [-0.15, -0.1) is 0 Å². The standard InChI is InChI=1S/C17H16F3N5O2/c1-21-16(26)15-12-10-25(24-13(12)4-6-22-15)9-11-2-3-14(23-8-11)27-7-5-17(18,19)20/h2-4,6,8,10H,5,7,9H2,1H3,(H,21,26). The molecule has 1 N–H and O–H groups in total. The molecule has 0 radical (unpaired) electrons. The zero-order valence-corrected chi connectivity index (χ0v) is 14.3. The van der Waals surface area contributed by atoms with E-state index < -0.39 is 19.2 Å². The van der Waals surface area contributed by atoms with Crippen LogP contribution in [0.1, 0.15) is 22.5 Å². The Morgan fingerprint density at radius 3 is 2.74 bits per heavy atom. The first-order valence-corrected chi connectivity index (χ1v) is 8.04. The van der Waals surface area contributed by atoms with Gasteiger partial charge in [0, 0.05) is 31.7 Å². The Hall–Kier alpha value is -3.17. The highest BCUT2D eigenvalue weighted by molar-refractivity contribution is 6.03. The summed E-state index contributed by atoms with van der Waals surface area (Å²) < 4.78 is 43.0. The first kappa shape index (κ1) is 18.6. The molecule has 0 aliphatic heterocycles. The number of rotatable bonds is 6. The van der Waals surface area contributed by atoms with Gasteiger partial charge in [-0.05, 0) is 11.6 Å². The topological polar surface area (TPSA) is 81.9 Å². The van der Waals surface area contributed by atoms with Crippen molar-refractivity contribution in [2.45, 2.75) is 19.1 Å². The minimum absolute atomic E-state index is 0.125. The molecule has 0 bridgehead atoms. The number of aromatic nitrogens is 4. The van der Waals surface area contributed by atoms with Crippen molar-refractivity contribution in [3.05, 3.63) is 48.0 Å². The number of hydrogen-bond acceptors (Lipinski definition) is 5. The molecular weight excluding hydrogens is 363 g/mol. The first-order chi connectivity index (χ1) is 12.9. The van der Waals surface area contributed by atoms with E-state index in [4.69, 9.17) is 4.74 Å². The van der Waals surface area contributed by atoms with Crippen LogP contribution in [0, 0.1) is 0 Å². The van der Waals surface area contributed by atoms with Crippen LogP contribution in [0.2, 0.25) is 0 Å². The van der Waals surface area contributed by atoms with Gasteiger partial charge in [-0.2, -0.15) is 18.3 Å². The highest BCUT2D eigenvalue weighted by Crippen LogP contribution is 2.20. The van der Waals surface area contributed by atoms with E-state index in [1.807, 2.05) is 0 Å². The molecule has 0 saturated carbocycles. The van der Waals surface area contributed by atoms with E-state index in [1.165, 1.54) is 25.5 Å². The quantitative estimate of drug-likeness (QED) is 0.712. The molecule has 0 saturated heterocycles. The molecule has 27 heavy (non-hydrogen) atoms. The third-order valence-corrected chi connectivity index (χ3v) is 3.70. The van der Waals surface area contributed by atoms with Crippen molar-refractivity contribution < 1.29 is 22.7 Å². The number of carbonyl (C=O) groups excluding carboxylic acids is 1. The lowest BCUT2D eigenvalue weighted by atomic mass is 10.2. The summed E-state index contributed by atoms with van der Waals surface area (Å²) in [5.41, 5.74) is 1.69. The molecule has 0 atom stereocenters. The van der Waals surface area contributed by atoms with Crippen molar-refractivity contribution in [2.24, 2.45) is 0 Å². The van der Waals surface area contributed by atoms with Crippen LogP contribution in [0.5, 0.6) is 5.88 Å². The van der Waals surface area contributed by atoms with E-state index in [0.29, 0.717) is 17.4 Å². The number of fused-ring (bicyclic) bond motifs is 1. The number of hydrogen-bond donors (Lipinski definition) is 1. The fourth-order valence-electron chi connectivity index (χ4n) is 2.42. The molecule has 3 heterocycles. The van der Waals surface area contributed by atoms with Crippen molar-refractivity contribution in [3.8, 4) is 5.88 Å². The van der Waals surface area contributed by atoms with E-state index in [-0.39, 0.29) is 17.5 Å². The molecule has 0 aliphatic rings. The maximum Gasteiger partial charge on any atom is 0.392 e. The summed E-state index contributed by atoms with van der Waals surface area (Å²) in [5, 5.41) is 7.55. The third-order valence-electron chi connectivity index (χ3n) is 3.70. The molecular formula is C17H16F3N5O2. The summed E-state index contributed by atoms with van der Waals surface area (Å²) in [6.45, 7) is -0.104. The van der Waals surface area contributed by atoms with Crippen LogP contribution >= 0.6 is 0 Å². The van der Waals surface area contributed by atoms with Gasteiger partial charge in [0.05, 0.1) is 30.5 Å². The molecule has 10 heteroatoms. The second-order valence-corrected chi connectivity index (χ2v) is 5.72. The maximum absolute atomic E-state index is 12.1. The van der Waals surface area contributed by atoms with Crippen LogP contribution in [0.3, 0.4) is 0 Å². The zero-order valence-electron chi connectivity index (χ0n) is 14.3. The monoisotopic (exact) mass is 379 g/mol. The smallest absolute Gasteiger partial charge is 0.392 e. The van der Waals surface area contributed by atoms with Crippen LogP contribution in [0.25, 0.3) is 10.9 Å². The Kier molecular flexibility index (Phi) is 5.24. The lowest BCUT2D eigenvalue weighted by molar-refractivity contribution is -0.139. The Balaban J connectivity index is 1.69. The number of nitrogens with one attached hydrogen (secondary N) is 1. The molecule has 0 unspecified atom stereocenters. The largest absolute Gasteiger partial charge is 0.477 e. The predicted molar refractivity (Wildman–Crippen MR) is 90.4 cm³/mol. The molecule has 0 aromatic carbocycles. The number of amides is 1. The molecule has 0 spiro atoms. The lowest BCUT2D eigenvalue weighted by Crippen LogP contribution is -2.19. The third kappa shape index (κ3) is 4.72. The van der Waals surface area contributed by atoms with Crippen molar-refractivity contribution in [1.29, 1.82) is 0 Å². The maximum atomic E-state index is 12.1. The van der Waals surface area contributed by atoms with Gasteiger partial charge < -0.3 is 10.1 Å². The van der Waals surface area contributed by atoms with Crippen molar-refractivity contribution >= 4 is 16.8 Å². The van der Waals surface area contributed by atoms with Crippen LogP contribution in [0.4, 0.5) is 13.2 Å². The van der Waals surface area contributed by atoms with Crippen LogP contribution in [-0.2, 0) is 6.54 Å². The molecule has 1 amide bonds. The number of halogens is 3. The highest BCUT2D eigenvalue weighted by atomic mass is 19.4. The average molecular weight is 379 g/mol. The fourth-order valence-corrected chi connectivity index (χ4v) is 2.42. The van der Waals surface area contributed by atoms with Crippen molar-refractivity contribution in [2.75, 3.05) is 13.7 Å². The van der Waals surface area contributed by atoms with Gasteiger partial charge in [-0.25, -0.2) is 4.98 Å². The Bertz CT molecular complexity index is 938. The van der Waals surface area contributed by atoms with Gasteiger partial charge in [-0.3, -0.25) is 14.5 Å². The normalized spacial score (nSPS) is 11.6. The molecule has 0 fully saturated rings. The van der Waals surface area contributed by atoms with Gasteiger partial charge in [0.15, 0.2) is 0 Å². The summed E-state index contributed by atoms with van der Waals surface area (Å²) in [4.78, 5) is 20.0. The molecule has 0 aliphatic carbocycles. The van der Waals surface area contributed by atoms with E-state index in [1.54, 1.807) is 23.0 Å². The number of ether oxygens (including phenoxy) is 1. The fraction of sp³-hybridized carbons (Fsp3) is 0.294. The van der Waals surface area contributed by atoms with Crippen LogP contribution in [0.15, 0.2) is 36.8 Å². The van der Waals surface area contributed by atoms with Gasteiger partial charge >= 0.3 is 6.18 Å². The van der Waals surface area contributed by atoms with Crippen molar-refractivity contribution in [1.82, 2.24) is 25.1 Å². The highest BCUT2D eigenvalue weighted by Gasteiger charge is 2.26. The summed E-state index contributed by atoms with van der Waals surface area (Å²) in [6, 6.07) is 4.90. The minimum atomic E-state index is -4.26. The van der Waals surface area contributed by atoms with E-state index >= 15 is 0 Å². The second kappa shape index (κ2) is 7.60. The van der Waals surface area contributed by atoms with Gasteiger partial charge in [0.1, 0.15) is 5.69 Å². The molecule has 142 valence electrons. The number of alkyl halides is 3. The van der Waals surface area contributed by atoms with Gasteiger partial charge in [-0.1, -0.05) is 6.07 Å². The minimum Gasteiger partial charge on any atom is -0.477 e. The lowest BCUT2D eigenvalue weighted by Gasteiger charge is -2.08. The zero-order chi connectivity index (χ0) is 19.4. The summed E-state index contributed by atoms with van der Waals surface area (Å²) in [7, 11) is 1.53. The summed E-state index contributed by atoms with van der Waals surface area (Å²) in [6.07, 6.45) is -0.560. The molecule has 3 rings (SSSR count). The second-order valence-electron chi connectivity index (χ2n) is 5.72. The van der Waals surface area contributed by atoms with Crippen LogP contribution in [-0.4, -0.2) is 45.5 Å². The van der Waals surface area contributed by atoms with E-state index in [2.05, 4.69) is 20.4 Å². The first-order valence-electron chi connectivity index (χ1n) is 8.04. The average Bonchev–Trinajstić information content (AvgIpc) is 3.04. The van der Waals surface area contributed by atoms with Gasteiger partial charge in [0.2, 0.25) is 5.88 Å². The van der Waals surface area contributed by atoms with E-state index in [0.717, 1.165) is 5.56 Å². The number of nitrogens with zero attached hydrogens (tertiary/aromatic N) is 4. The Morgan fingerprint density at radius 1 is 1.26 bits per heavy atom. The number of carbonyl (C=O) groups is 1. The van der Waals surface area contributed by atoms with E-state index in [9.17, 15) is 18.0 Å². The predicted octanol–water partition coefficient (Wildman–Crippen LogP) is 2.57. The summed E-state index contributed by atoms with van der Waals surface area (Å²) in [5.74, 6) is -0.179. The Morgan fingerprint density at radius 2 is 2.07 bits per heavy atom. The SMILES string of the molecule is CNC(=O)c1nccc2nn(Cc3ccc(OCCC(F)(F)F)nc3)cc12. The summed E-state index contributed by atoms with van der Waals surface area (Å²) >= 11 is 0. The molecule has 7 nitrogen and oxygen atoms in total. The molecule has 3 aromatic rings. The van der Waals surface area contributed by atoms with Crippen molar-refractivity contribution in [3.63, 3.8) is 0 Å². The molecule has 3 aromatic heterocycles. The Labute approximate surface area is 152 Å².